The molecule has 1 aromatic heterocycles. The third-order valence-corrected chi connectivity index (χ3v) is 3.63. The van der Waals surface area contributed by atoms with Crippen LogP contribution in [0.4, 0.5) is 9.39 Å². The van der Waals surface area contributed by atoms with E-state index in [1.54, 1.807) is 0 Å². The average molecular weight is 315 g/mol. The molecular formula is C12H8ClFN2O3S. The van der Waals surface area contributed by atoms with Crippen molar-refractivity contribution in [3.8, 4) is 0 Å². The zero-order valence-corrected chi connectivity index (χ0v) is 11.7. The second-order valence-electron chi connectivity index (χ2n) is 3.86. The molecule has 0 bridgehead atoms. The summed E-state index contributed by atoms with van der Waals surface area (Å²) in [5.41, 5.74) is 0.380. The number of carbonyl (C=O) groups is 2. The van der Waals surface area contributed by atoms with Gasteiger partial charge in [-0.25, -0.2) is 9.18 Å². The third-order valence-electron chi connectivity index (χ3n) is 2.49. The predicted octanol–water partition coefficient (Wildman–Crippen LogP) is 3.19. The van der Waals surface area contributed by atoms with Crippen LogP contribution in [-0.2, 0) is 0 Å². The van der Waals surface area contributed by atoms with E-state index in [9.17, 15) is 14.0 Å². The van der Waals surface area contributed by atoms with Gasteiger partial charge in [-0.3, -0.25) is 4.79 Å². The van der Waals surface area contributed by atoms with E-state index in [-0.39, 0.29) is 21.2 Å². The van der Waals surface area contributed by atoms with Gasteiger partial charge in [0.05, 0.1) is 10.7 Å². The van der Waals surface area contributed by atoms with Crippen molar-refractivity contribution in [2.75, 3.05) is 5.32 Å². The number of anilines is 1. The van der Waals surface area contributed by atoms with E-state index in [1.165, 1.54) is 19.1 Å². The first kappa shape index (κ1) is 14.4. The molecule has 1 amide bonds. The van der Waals surface area contributed by atoms with Crippen molar-refractivity contribution in [3.05, 3.63) is 45.9 Å². The second kappa shape index (κ2) is 5.56. The van der Waals surface area contributed by atoms with Crippen molar-refractivity contribution in [1.29, 1.82) is 0 Å². The highest BCUT2D eigenvalue weighted by Crippen LogP contribution is 2.25. The SMILES string of the molecule is Cc1nsc(NC(=O)c2ccc(F)c(Cl)c2)c1C(=O)O. The summed E-state index contributed by atoms with van der Waals surface area (Å²) in [4.78, 5) is 23.0. The fourth-order valence-electron chi connectivity index (χ4n) is 1.52. The molecule has 2 N–H and O–H groups in total. The Morgan fingerprint density at radius 1 is 1.45 bits per heavy atom. The first-order chi connectivity index (χ1) is 9.40. The maximum Gasteiger partial charge on any atom is 0.340 e. The first-order valence-electron chi connectivity index (χ1n) is 5.36. The maximum absolute atomic E-state index is 13.0. The number of hydrogen-bond donors (Lipinski definition) is 2. The van der Waals surface area contributed by atoms with E-state index in [2.05, 4.69) is 9.69 Å². The van der Waals surface area contributed by atoms with E-state index in [0.717, 1.165) is 17.6 Å². The molecule has 0 saturated carbocycles. The summed E-state index contributed by atoms with van der Waals surface area (Å²) < 4.78 is 16.9. The van der Waals surface area contributed by atoms with Gasteiger partial charge in [-0.1, -0.05) is 11.6 Å². The van der Waals surface area contributed by atoms with Crippen LogP contribution in [0.2, 0.25) is 5.02 Å². The molecule has 104 valence electrons. The smallest absolute Gasteiger partial charge is 0.340 e. The molecule has 20 heavy (non-hydrogen) atoms. The molecular weight excluding hydrogens is 307 g/mol. The summed E-state index contributed by atoms with van der Waals surface area (Å²) in [7, 11) is 0. The van der Waals surface area contributed by atoms with Gasteiger partial charge in [0.25, 0.3) is 5.91 Å². The number of nitrogens with one attached hydrogen (secondary N) is 1. The Morgan fingerprint density at radius 2 is 2.15 bits per heavy atom. The molecule has 0 unspecified atom stereocenters. The van der Waals surface area contributed by atoms with Crippen LogP contribution in [0.5, 0.6) is 0 Å². The van der Waals surface area contributed by atoms with E-state index in [1.807, 2.05) is 0 Å². The standard InChI is InChI=1S/C12H8ClFN2O3S/c1-5-9(12(18)19)11(20-16-5)15-10(17)6-2-3-8(14)7(13)4-6/h2-4H,1H3,(H,15,17)(H,18,19). The molecule has 8 heteroatoms. The van der Waals surface area contributed by atoms with Crippen LogP contribution >= 0.6 is 23.1 Å². The number of rotatable bonds is 3. The number of halogens is 2. The monoisotopic (exact) mass is 314 g/mol. The second-order valence-corrected chi connectivity index (χ2v) is 5.04. The molecule has 0 atom stereocenters. The number of carboxylic acid groups (broad SMARTS) is 1. The van der Waals surface area contributed by atoms with Crippen LogP contribution < -0.4 is 5.32 Å². The van der Waals surface area contributed by atoms with Crippen molar-refractivity contribution in [1.82, 2.24) is 4.37 Å². The Morgan fingerprint density at radius 3 is 2.75 bits per heavy atom. The number of hydrogen-bond acceptors (Lipinski definition) is 4. The zero-order valence-electron chi connectivity index (χ0n) is 10.1. The van der Waals surface area contributed by atoms with Crippen LogP contribution in [0, 0.1) is 12.7 Å². The molecule has 0 aliphatic heterocycles. The Balaban J connectivity index is 2.28. The van der Waals surface area contributed by atoms with Gasteiger partial charge in [-0.05, 0) is 36.7 Å². The van der Waals surface area contributed by atoms with Crippen LogP contribution in [0.25, 0.3) is 0 Å². The maximum atomic E-state index is 13.0. The lowest BCUT2D eigenvalue weighted by atomic mass is 10.2. The molecule has 5 nitrogen and oxygen atoms in total. The number of nitrogens with zero attached hydrogens (tertiary/aromatic N) is 1. The lowest BCUT2D eigenvalue weighted by Crippen LogP contribution is -2.13. The highest BCUT2D eigenvalue weighted by molar-refractivity contribution is 7.11. The van der Waals surface area contributed by atoms with Crippen molar-refractivity contribution in [2.45, 2.75) is 6.92 Å². The van der Waals surface area contributed by atoms with Gasteiger partial charge in [0.15, 0.2) is 0 Å². The number of carboxylic acids is 1. The number of aromatic nitrogens is 1. The molecule has 0 aliphatic rings. The van der Waals surface area contributed by atoms with Crippen molar-refractivity contribution >= 4 is 40.0 Å². The molecule has 1 aromatic carbocycles. The summed E-state index contributed by atoms with van der Waals surface area (Å²) in [5, 5.41) is 11.4. The highest BCUT2D eigenvalue weighted by atomic mass is 35.5. The lowest BCUT2D eigenvalue weighted by molar-refractivity contribution is 0.0697. The van der Waals surface area contributed by atoms with E-state index in [0.29, 0.717) is 5.69 Å². The largest absolute Gasteiger partial charge is 0.478 e. The van der Waals surface area contributed by atoms with Crippen LogP contribution in [0.1, 0.15) is 26.4 Å². The summed E-state index contributed by atoms with van der Waals surface area (Å²) in [6, 6.07) is 3.48. The Hall–Kier alpha value is -1.99. The van der Waals surface area contributed by atoms with Crippen molar-refractivity contribution < 1.29 is 19.1 Å². The fraction of sp³-hybridized carbons (Fsp3) is 0.0833. The topological polar surface area (TPSA) is 79.3 Å². The first-order valence-corrected chi connectivity index (χ1v) is 6.51. The van der Waals surface area contributed by atoms with Gasteiger partial charge in [-0.15, -0.1) is 0 Å². The summed E-state index contributed by atoms with van der Waals surface area (Å²) in [5.74, 6) is -2.40. The molecule has 0 aliphatic carbocycles. The molecule has 0 radical (unpaired) electrons. The van der Waals surface area contributed by atoms with Crippen LogP contribution in [0.15, 0.2) is 18.2 Å². The van der Waals surface area contributed by atoms with Crippen LogP contribution in [-0.4, -0.2) is 21.4 Å². The van der Waals surface area contributed by atoms with E-state index >= 15 is 0 Å². The molecule has 0 saturated heterocycles. The van der Waals surface area contributed by atoms with Gasteiger partial charge in [0.1, 0.15) is 16.4 Å². The van der Waals surface area contributed by atoms with Gasteiger partial charge in [0.2, 0.25) is 0 Å². The Kier molecular flexibility index (Phi) is 4.01. The minimum Gasteiger partial charge on any atom is -0.478 e. The predicted molar refractivity (Wildman–Crippen MR) is 73.2 cm³/mol. The molecule has 2 rings (SSSR count). The quantitative estimate of drug-likeness (QED) is 0.911. The molecule has 2 aromatic rings. The van der Waals surface area contributed by atoms with Gasteiger partial charge in [0, 0.05) is 5.56 Å². The average Bonchev–Trinajstić information content (AvgIpc) is 2.73. The van der Waals surface area contributed by atoms with Gasteiger partial charge >= 0.3 is 5.97 Å². The zero-order chi connectivity index (χ0) is 14.9. The van der Waals surface area contributed by atoms with Crippen molar-refractivity contribution in [3.63, 3.8) is 0 Å². The minimum absolute atomic E-state index is 0.0587. The summed E-state index contributed by atoms with van der Waals surface area (Å²) in [6.07, 6.45) is 0. The van der Waals surface area contributed by atoms with Crippen molar-refractivity contribution in [2.24, 2.45) is 0 Å². The molecule has 0 fully saturated rings. The molecule has 0 spiro atoms. The lowest BCUT2D eigenvalue weighted by Gasteiger charge is -2.04. The van der Waals surface area contributed by atoms with E-state index in [4.69, 9.17) is 16.7 Å². The Labute approximate surface area is 122 Å². The number of amides is 1. The van der Waals surface area contributed by atoms with Gasteiger partial charge < -0.3 is 10.4 Å². The highest BCUT2D eigenvalue weighted by Gasteiger charge is 2.20. The molecule has 1 heterocycles. The summed E-state index contributed by atoms with van der Waals surface area (Å²) >= 11 is 6.45. The Bertz CT molecular complexity index is 702. The van der Waals surface area contributed by atoms with E-state index < -0.39 is 17.7 Å². The van der Waals surface area contributed by atoms with Crippen LogP contribution in [0.3, 0.4) is 0 Å². The summed E-state index contributed by atoms with van der Waals surface area (Å²) in [6.45, 7) is 1.53. The van der Waals surface area contributed by atoms with Gasteiger partial charge in [-0.2, -0.15) is 4.37 Å². The third kappa shape index (κ3) is 2.78. The minimum atomic E-state index is -1.18. The number of aryl methyl sites for hydroxylation is 1. The fourth-order valence-corrected chi connectivity index (χ4v) is 2.48. The normalized spacial score (nSPS) is 10.3. The number of aromatic carboxylic acids is 1. The number of carbonyl (C=O) groups excluding carboxylic acids is 1. The number of benzene rings is 1.